The predicted octanol–water partition coefficient (Wildman–Crippen LogP) is 4.43. The highest BCUT2D eigenvalue weighted by atomic mass is 79.9. The van der Waals surface area contributed by atoms with Crippen molar-refractivity contribution in [3.8, 4) is 17.0 Å². The van der Waals surface area contributed by atoms with Gasteiger partial charge in [0.15, 0.2) is 0 Å². The van der Waals surface area contributed by atoms with Gasteiger partial charge in [0.1, 0.15) is 22.9 Å². The summed E-state index contributed by atoms with van der Waals surface area (Å²) in [7, 11) is 1.64. The molecule has 2 N–H and O–H groups in total. The summed E-state index contributed by atoms with van der Waals surface area (Å²) in [6, 6.07) is 7.77. The number of pyridine rings is 1. The zero-order valence-corrected chi connectivity index (χ0v) is 14.7. The minimum absolute atomic E-state index is 0.585. The largest absolute Gasteiger partial charge is 0.496 e. The van der Waals surface area contributed by atoms with Crippen molar-refractivity contribution in [3.63, 3.8) is 0 Å². The van der Waals surface area contributed by atoms with Crippen molar-refractivity contribution < 1.29 is 4.74 Å². The molecule has 0 aliphatic heterocycles. The number of methoxy groups -OCH3 is 1. The lowest BCUT2D eigenvalue weighted by atomic mass is 10.1. The summed E-state index contributed by atoms with van der Waals surface area (Å²) in [5.74, 6) is 1.33. The Morgan fingerprint density at radius 2 is 2.00 bits per heavy atom. The van der Waals surface area contributed by atoms with E-state index in [0.29, 0.717) is 11.5 Å². The van der Waals surface area contributed by atoms with E-state index in [1.807, 2.05) is 41.8 Å². The van der Waals surface area contributed by atoms with Gasteiger partial charge in [-0.3, -0.25) is 4.40 Å². The van der Waals surface area contributed by atoms with Gasteiger partial charge in [-0.2, -0.15) is 0 Å². The van der Waals surface area contributed by atoms with Crippen LogP contribution in [0, 0.1) is 6.92 Å². The number of benzene rings is 1. The van der Waals surface area contributed by atoms with Gasteiger partial charge in [0, 0.05) is 20.7 Å². The highest BCUT2D eigenvalue weighted by Gasteiger charge is 2.16. The Hall–Kier alpha value is -1.53. The SMILES string of the molecule is COc1ccc(Br)cc1-c1nc2cc(C)c(Br)cn2c1N. The fourth-order valence-corrected chi connectivity index (χ4v) is 2.92. The number of halogens is 2. The number of rotatable bonds is 2. The minimum Gasteiger partial charge on any atom is -0.496 e. The molecule has 0 atom stereocenters. The molecule has 2 aromatic heterocycles. The van der Waals surface area contributed by atoms with E-state index in [0.717, 1.165) is 31.5 Å². The molecule has 3 aromatic rings. The van der Waals surface area contributed by atoms with Gasteiger partial charge >= 0.3 is 0 Å². The summed E-state index contributed by atoms with van der Waals surface area (Å²) in [5.41, 5.74) is 9.77. The van der Waals surface area contributed by atoms with Crippen molar-refractivity contribution in [1.82, 2.24) is 9.38 Å². The van der Waals surface area contributed by atoms with Gasteiger partial charge in [0.25, 0.3) is 0 Å². The van der Waals surface area contributed by atoms with Gasteiger partial charge < -0.3 is 10.5 Å². The van der Waals surface area contributed by atoms with E-state index in [1.54, 1.807) is 7.11 Å². The number of nitrogen functional groups attached to an aromatic ring is 1. The number of ether oxygens (including phenoxy) is 1. The molecule has 0 fully saturated rings. The summed E-state index contributed by atoms with van der Waals surface area (Å²) in [4.78, 5) is 4.65. The first-order valence-electron chi connectivity index (χ1n) is 6.29. The number of aryl methyl sites for hydroxylation is 1. The van der Waals surface area contributed by atoms with Crippen LogP contribution in [0.5, 0.6) is 5.75 Å². The van der Waals surface area contributed by atoms with Gasteiger partial charge in [-0.1, -0.05) is 15.9 Å². The van der Waals surface area contributed by atoms with Crippen LogP contribution < -0.4 is 10.5 Å². The number of nitrogens with two attached hydrogens (primary N) is 1. The quantitative estimate of drug-likeness (QED) is 0.679. The fraction of sp³-hybridized carbons (Fsp3) is 0.133. The molecule has 0 unspecified atom stereocenters. The van der Waals surface area contributed by atoms with Crippen molar-refractivity contribution in [2.45, 2.75) is 6.92 Å². The molecule has 108 valence electrons. The molecule has 1 aromatic carbocycles. The Labute approximate surface area is 139 Å². The number of hydrogen-bond donors (Lipinski definition) is 1. The third-order valence-electron chi connectivity index (χ3n) is 3.36. The van der Waals surface area contributed by atoms with Crippen molar-refractivity contribution in [2.24, 2.45) is 0 Å². The summed E-state index contributed by atoms with van der Waals surface area (Å²) in [6.07, 6.45) is 1.93. The van der Waals surface area contributed by atoms with E-state index in [4.69, 9.17) is 10.5 Å². The maximum absolute atomic E-state index is 6.27. The monoisotopic (exact) mass is 409 g/mol. The molecule has 0 saturated carbocycles. The average Bonchev–Trinajstić information content (AvgIpc) is 2.76. The number of imidazole rings is 1. The van der Waals surface area contributed by atoms with Crippen LogP contribution in [0.3, 0.4) is 0 Å². The van der Waals surface area contributed by atoms with Gasteiger partial charge in [0.2, 0.25) is 0 Å². The predicted molar refractivity (Wildman–Crippen MR) is 91.7 cm³/mol. The van der Waals surface area contributed by atoms with E-state index >= 15 is 0 Å². The molecular formula is C15H13Br2N3O. The van der Waals surface area contributed by atoms with E-state index in [2.05, 4.69) is 36.8 Å². The Morgan fingerprint density at radius 3 is 2.71 bits per heavy atom. The number of anilines is 1. The van der Waals surface area contributed by atoms with Crippen LogP contribution in [0.25, 0.3) is 16.9 Å². The van der Waals surface area contributed by atoms with Crippen LogP contribution in [0.1, 0.15) is 5.56 Å². The molecule has 0 spiro atoms. The lowest BCUT2D eigenvalue weighted by molar-refractivity contribution is 0.416. The molecule has 2 heterocycles. The smallest absolute Gasteiger partial charge is 0.139 e. The normalized spacial score (nSPS) is 11.0. The first-order valence-corrected chi connectivity index (χ1v) is 7.87. The van der Waals surface area contributed by atoms with Crippen LogP contribution in [-0.2, 0) is 0 Å². The maximum atomic E-state index is 6.27. The number of nitrogens with zero attached hydrogens (tertiary/aromatic N) is 2. The topological polar surface area (TPSA) is 52.5 Å². The maximum Gasteiger partial charge on any atom is 0.139 e. The lowest BCUT2D eigenvalue weighted by Crippen LogP contribution is -1.96. The lowest BCUT2D eigenvalue weighted by Gasteiger charge is -2.07. The first kappa shape index (κ1) is 14.4. The molecule has 21 heavy (non-hydrogen) atoms. The third-order valence-corrected chi connectivity index (χ3v) is 4.68. The number of fused-ring (bicyclic) bond motifs is 1. The van der Waals surface area contributed by atoms with Gasteiger partial charge in [-0.15, -0.1) is 0 Å². The first-order chi connectivity index (χ1) is 10.0. The summed E-state index contributed by atoms with van der Waals surface area (Å²) in [6.45, 7) is 2.02. The molecule has 0 aliphatic rings. The summed E-state index contributed by atoms with van der Waals surface area (Å²) in [5, 5.41) is 0. The zero-order valence-electron chi connectivity index (χ0n) is 11.5. The zero-order chi connectivity index (χ0) is 15.1. The van der Waals surface area contributed by atoms with Gasteiger partial charge in [-0.05, 0) is 52.7 Å². The number of aromatic nitrogens is 2. The van der Waals surface area contributed by atoms with Crippen molar-refractivity contribution in [3.05, 3.63) is 45.0 Å². The van der Waals surface area contributed by atoms with E-state index in [1.165, 1.54) is 0 Å². The van der Waals surface area contributed by atoms with E-state index in [-0.39, 0.29) is 0 Å². The Bertz CT molecular complexity index is 843. The van der Waals surface area contributed by atoms with Gasteiger partial charge in [0.05, 0.1) is 7.11 Å². The van der Waals surface area contributed by atoms with Crippen molar-refractivity contribution >= 4 is 43.3 Å². The highest BCUT2D eigenvalue weighted by molar-refractivity contribution is 9.10. The molecule has 6 heteroatoms. The average molecular weight is 411 g/mol. The molecule has 3 rings (SSSR count). The molecular weight excluding hydrogens is 398 g/mol. The Morgan fingerprint density at radius 1 is 1.24 bits per heavy atom. The summed E-state index contributed by atoms with van der Waals surface area (Å²) < 4.78 is 9.23. The standard InChI is InChI=1S/C15H13Br2N3O/c1-8-5-13-19-14(15(18)20(13)7-11(8)17)10-6-9(16)3-4-12(10)21-2/h3-7H,18H2,1-2H3. The molecule has 4 nitrogen and oxygen atoms in total. The van der Waals surface area contributed by atoms with Crippen LogP contribution in [-0.4, -0.2) is 16.5 Å². The molecule has 0 amide bonds. The molecule has 0 aliphatic carbocycles. The highest BCUT2D eigenvalue weighted by Crippen LogP contribution is 2.36. The molecule has 0 bridgehead atoms. The Kier molecular flexibility index (Phi) is 3.67. The molecule has 0 saturated heterocycles. The van der Waals surface area contributed by atoms with Crippen LogP contribution in [0.2, 0.25) is 0 Å². The van der Waals surface area contributed by atoms with Gasteiger partial charge in [-0.25, -0.2) is 4.98 Å². The summed E-state index contributed by atoms with van der Waals surface area (Å²) >= 11 is 7.00. The second-order valence-electron chi connectivity index (χ2n) is 4.72. The van der Waals surface area contributed by atoms with Crippen LogP contribution in [0.15, 0.2) is 39.4 Å². The molecule has 0 radical (unpaired) electrons. The number of hydrogen-bond acceptors (Lipinski definition) is 3. The van der Waals surface area contributed by atoms with E-state index < -0.39 is 0 Å². The second kappa shape index (κ2) is 5.35. The third kappa shape index (κ3) is 2.42. The second-order valence-corrected chi connectivity index (χ2v) is 6.49. The van der Waals surface area contributed by atoms with Crippen LogP contribution >= 0.6 is 31.9 Å². The van der Waals surface area contributed by atoms with E-state index in [9.17, 15) is 0 Å². The minimum atomic E-state index is 0.585. The Balaban J connectivity index is 2.31. The van der Waals surface area contributed by atoms with Crippen molar-refractivity contribution in [1.29, 1.82) is 0 Å². The fourth-order valence-electron chi connectivity index (χ4n) is 2.24. The van der Waals surface area contributed by atoms with Crippen LogP contribution in [0.4, 0.5) is 5.82 Å². The van der Waals surface area contributed by atoms with Crippen molar-refractivity contribution in [2.75, 3.05) is 12.8 Å².